The number of ether oxygens (including phenoxy) is 1. The van der Waals surface area contributed by atoms with E-state index in [2.05, 4.69) is 15.5 Å². The second kappa shape index (κ2) is 6.33. The van der Waals surface area contributed by atoms with E-state index in [0.29, 0.717) is 0 Å². The second-order valence-corrected chi connectivity index (χ2v) is 4.89. The van der Waals surface area contributed by atoms with Crippen LogP contribution in [0.2, 0.25) is 0 Å². The summed E-state index contributed by atoms with van der Waals surface area (Å²) in [5.74, 6) is 0.115. The maximum Gasteiger partial charge on any atom is 0.237 e. The number of nitrogens with zero attached hydrogens (tertiary/aromatic N) is 1. The van der Waals surface area contributed by atoms with Crippen molar-refractivity contribution >= 4 is 5.91 Å². The van der Waals surface area contributed by atoms with Gasteiger partial charge < -0.3 is 20.3 Å². The Balaban J connectivity index is 1.60. The first-order valence-corrected chi connectivity index (χ1v) is 6.56. The molecule has 0 aromatic rings. The molecule has 0 aromatic carbocycles. The Labute approximate surface area is 103 Å². The van der Waals surface area contributed by atoms with Crippen molar-refractivity contribution in [1.82, 2.24) is 15.5 Å². The first kappa shape index (κ1) is 12.8. The number of amides is 1. The van der Waals surface area contributed by atoms with Crippen molar-refractivity contribution in [2.75, 3.05) is 39.8 Å². The van der Waals surface area contributed by atoms with Gasteiger partial charge in [-0.15, -0.1) is 0 Å². The van der Waals surface area contributed by atoms with Crippen molar-refractivity contribution in [3.05, 3.63) is 0 Å². The lowest BCUT2D eigenvalue weighted by Gasteiger charge is -2.16. The Kier molecular flexibility index (Phi) is 4.76. The summed E-state index contributed by atoms with van der Waals surface area (Å²) in [4.78, 5) is 14.2. The Hall–Kier alpha value is -0.650. The predicted molar refractivity (Wildman–Crippen MR) is 65.9 cm³/mol. The van der Waals surface area contributed by atoms with E-state index < -0.39 is 0 Å². The molecule has 5 nitrogen and oxygen atoms in total. The van der Waals surface area contributed by atoms with Crippen LogP contribution in [0.5, 0.6) is 0 Å². The van der Waals surface area contributed by atoms with Gasteiger partial charge in [-0.2, -0.15) is 0 Å². The van der Waals surface area contributed by atoms with Gasteiger partial charge in [0.2, 0.25) is 5.91 Å². The lowest BCUT2D eigenvalue weighted by atomic mass is 10.2. The molecule has 2 saturated heterocycles. The number of rotatable bonds is 5. The molecule has 0 aromatic heterocycles. The molecule has 2 N–H and O–H groups in total. The van der Waals surface area contributed by atoms with Gasteiger partial charge in [0.15, 0.2) is 0 Å². The number of nitrogens with one attached hydrogen (secondary N) is 2. The van der Waals surface area contributed by atoms with Crippen LogP contribution >= 0.6 is 0 Å². The fourth-order valence-corrected chi connectivity index (χ4v) is 2.55. The third-order valence-electron chi connectivity index (χ3n) is 3.67. The van der Waals surface area contributed by atoms with Crippen LogP contribution in [0.4, 0.5) is 0 Å². The molecule has 2 aliphatic heterocycles. The van der Waals surface area contributed by atoms with E-state index in [9.17, 15) is 4.79 Å². The number of hydrogen-bond donors (Lipinski definition) is 2. The molecule has 2 unspecified atom stereocenters. The van der Waals surface area contributed by atoms with E-state index in [0.717, 1.165) is 26.1 Å². The lowest BCUT2D eigenvalue weighted by Crippen LogP contribution is -2.43. The summed E-state index contributed by atoms with van der Waals surface area (Å²) in [6.07, 6.45) is 3.57. The van der Waals surface area contributed by atoms with Crippen LogP contribution < -0.4 is 10.6 Å². The van der Waals surface area contributed by atoms with E-state index in [4.69, 9.17) is 4.74 Å². The van der Waals surface area contributed by atoms with E-state index in [1.807, 2.05) is 0 Å². The minimum atomic E-state index is -0.0708. The summed E-state index contributed by atoms with van der Waals surface area (Å²) < 4.78 is 5.23. The smallest absolute Gasteiger partial charge is 0.237 e. The molecule has 5 heteroatoms. The van der Waals surface area contributed by atoms with E-state index in [1.54, 1.807) is 7.11 Å². The summed E-state index contributed by atoms with van der Waals surface area (Å²) >= 11 is 0. The molecule has 0 saturated carbocycles. The van der Waals surface area contributed by atoms with E-state index in [-0.39, 0.29) is 18.1 Å². The van der Waals surface area contributed by atoms with Crippen molar-refractivity contribution in [2.45, 2.75) is 31.4 Å². The van der Waals surface area contributed by atoms with E-state index >= 15 is 0 Å². The summed E-state index contributed by atoms with van der Waals surface area (Å²) in [5.41, 5.74) is 0. The maximum atomic E-state index is 11.8. The molecular formula is C12H23N3O2. The van der Waals surface area contributed by atoms with Gasteiger partial charge in [0.25, 0.3) is 0 Å². The van der Waals surface area contributed by atoms with Crippen LogP contribution in [-0.4, -0.2) is 62.8 Å². The molecule has 0 aliphatic carbocycles. The molecule has 2 rings (SSSR count). The van der Waals surface area contributed by atoms with Crippen LogP contribution in [-0.2, 0) is 9.53 Å². The third-order valence-corrected chi connectivity index (χ3v) is 3.67. The molecule has 1 amide bonds. The number of carbonyl (C=O) groups excluding carboxylic acids is 1. The Morgan fingerprint density at radius 1 is 1.47 bits per heavy atom. The van der Waals surface area contributed by atoms with Gasteiger partial charge in [-0.3, -0.25) is 4.79 Å². The number of methoxy groups -OCH3 is 1. The van der Waals surface area contributed by atoms with Crippen LogP contribution in [0.15, 0.2) is 0 Å². The lowest BCUT2D eigenvalue weighted by molar-refractivity contribution is -0.123. The monoisotopic (exact) mass is 241 g/mol. The molecule has 2 heterocycles. The zero-order chi connectivity index (χ0) is 12.1. The van der Waals surface area contributed by atoms with Gasteiger partial charge in [0.05, 0.1) is 12.1 Å². The molecule has 2 fully saturated rings. The predicted octanol–water partition coefficient (Wildman–Crippen LogP) is -0.425. The highest BCUT2D eigenvalue weighted by molar-refractivity contribution is 5.82. The van der Waals surface area contributed by atoms with Crippen LogP contribution in [0.1, 0.15) is 19.3 Å². The first-order chi connectivity index (χ1) is 8.29. The molecule has 0 spiro atoms. The van der Waals surface area contributed by atoms with Crippen molar-refractivity contribution in [3.63, 3.8) is 0 Å². The minimum Gasteiger partial charge on any atom is -0.380 e. The quantitative estimate of drug-likeness (QED) is 0.686. The summed E-state index contributed by atoms with van der Waals surface area (Å²) in [7, 11) is 1.69. The number of likely N-dealkylation sites (tertiary alicyclic amines) is 1. The van der Waals surface area contributed by atoms with Gasteiger partial charge in [0.1, 0.15) is 0 Å². The standard InChI is InChI=1S/C12H23N3O2/c1-17-10-8-11(14-9-10)12(16)13-4-7-15-5-2-3-6-15/h10-11,14H,2-9H2,1H3,(H,13,16). The molecule has 17 heavy (non-hydrogen) atoms. The average Bonchev–Trinajstić information content (AvgIpc) is 2.99. The molecule has 98 valence electrons. The van der Waals surface area contributed by atoms with Gasteiger partial charge in [-0.05, 0) is 32.4 Å². The SMILES string of the molecule is COC1CNC(C(=O)NCCN2CCCC2)C1. The maximum absolute atomic E-state index is 11.8. The molecule has 0 radical (unpaired) electrons. The highest BCUT2D eigenvalue weighted by Gasteiger charge is 2.28. The third kappa shape index (κ3) is 3.66. The largest absolute Gasteiger partial charge is 0.380 e. The van der Waals surface area contributed by atoms with Crippen molar-refractivity contribution in [2.24, 2.45) is 0 Å². The Bertz CT molecular complexity index is 254. The normalized spacial score (nSPS) is 29.7. The summed E-state index contributed by atoms with van der Waals surface area (Å²) in [6.45, 7) is 4.88. The van der Waals surface area contributed by atoms with Crippen molar-refractivity contribution in [3.8, 4) is 0 Å². The Morgan fingerprint density at radius 2 is 2.24 bits per heavy atom. The fourth-order valence-electron chi connectivity index (χ4n) is 2.55. The van der Waals surface area contributed by atoms with Crippen LogP contribution in [0.25, 0.3) is 0 Å². The average molecular weight is 241 g/mol. The Morgan fingerprint density at radius 3 is 2.88 bits per heavy atom. The zero-order valence-electron chi connectivity index (χ0n) is 10.6. The van der Waals surface area contributed by atoms with Crippen molar-refractivity contribution < 1.29 is 9.53 Å². The van der Waals surface area contributed by atoms with Crippen molar-refractivity contribution in [1.29, 1.82) is 0 Å². The summed E-state index contributed by atoms with van der Waals surface area (Å²) in [5, 5.41) is 6.18. The van der Waals surface area contributed by atoms with Crippen LogP contribution in [0, 0.1) is 0 Å². The highest BCUT2D eigenvalue weighted by Crippen LogP contribution is 2.09. The number of hydrogen-bond acceptors (Lipinski definition) is 4. The fraction of sp³-hybridized carbons (Fsp3) is 0.917. The zero-order valence-corrected chi connectivity index (χ0v) is 10.6. The molecular weight excluding hydrogens is 218 g/mol. The van der Waals surface area contributed by atoms with Crippen LogP contribution in [0.3, 0.4) is 0 Å². The molecule has 0 bridgehead atoms. The van der Waals surface area contributed by atoms with Gasteiger partial charge >= 0.3 is 0 Å². The minimum absolute atomic E-state index is 0.0708. The van der Waals surface area contributed by atoms with Gasteiger partial charge in [-0.1, -0.05) is 0 Å². The topological polar surface area (TPSA) is 53.6 Å². The van der Waals surface area contributed by atoms with E-state index in [1.165, 1.54) is 25.9 Å². The second-order valence-electron chi connectivity index (χ2n) is 4.89. The van der Waals surface area contributed by atoms with Gasteiger partial charge in [-0.25, -0.2) is 0 Å². The summed E-state index contributed by atoms with van der Waals surface area (Å²) in [6, 6.07) is -0.0708. The number of carbonyl (C=O) groups is 1. The molecule has 2 atom stereocenters. The first-order valence-electron chi connectivity index (χ1n) is 6.56. The van der Waals surface area contributed by atoms with Gasteiger partial charge in [0, 0.05) is 26.7 Å². The highest BCUT2D eigenvalue weighted by atomic mass is 16.5. The molecule has 2 aliphatic rings.